The molecule has 0 aromatic carbocycles. The minimum absolute atomic E-state index is 0.219. The van der Waals surface area contributed by atoms with Gasteiger partial charge in [0, 0.05) is 18.0 Å². The van der Waals surface area contributed by atoms with Crippen molar-refractivity contribution in [3.63, 3.8) is 0 Å². The maximum atomic E-state index is 6.17. The number of piperidine rings is 1. The Morgan fingerprint density at radius 2 is 1.38 bits per heavy atom. The fraction of sp³-hybridized carbons (Fsp3) is 1.00. The van der Waals surface area contributed by atoms with Gasteiger partial charge in [-0.25, -0.2) is 0 Å². The molecule has 2 aliphatic carbocycles. The lowest BCUT2D eigenvalue weighted by molar-refractivity contribution is 0.0193. The van der Waals surface area contributed by atoms with Crippen LogP contribution in [0, 0.1) is 17.8 Å². The van der Waals surface area contributed by atoms with Gasteiger partial charge in [0.1, 0.15) is 4.77 Å². The number of ether oxygens (including phenoxy) is 1. The van der Waals surface area contributed by atoms with E-state index >= 15 is 0 Å². The zero-order valence-corrected chi connectivity index (χ0v) is 16.8. The fourth-order valence-corrected chi connectivity index (χ4v) is 6.63. The van der Waals surface area contributed by atoms with Crippen LogP contribution in [0.25, 0.3) is 0 Å². The Labute approximate surface area is 159 Å². The molecule has 24 heavy (non-hydrogen) atoms. The number of hydrogen-bond donors (Lipinski definition) is 2. The van der Waals surface area contributed by atoms with Crippen LogP contribution in [0.1, 0.15) is 77.0 Å². The predicted octanol–water partition coefficient (Wildman–Crippen LogP) is 5.14. The van der Waals surface area contributed by atoms with Crippen molar-refractivity contribution >= 4 is 25.3 Å². The van der Waals surface area contributed by atoms with Gasteiger partial charge >= 0.3 is 0 Å². The molecule has 0 aromatic heterocycles. The van der Waals surface area contributed by atoms with Crippen LogP contribution in [0.15, 0.2) is 0 Å². The summed E-state index contributed by atoms with van der Waals surface area (Å²) in [5.41, 5.74) is 0. The summed E-state index contributed by atoms with van der Waals surface area (Å²) in [6, 6.07) is 1.51. The van der Waals surface area contributed by atoms with Crippen LogP contribution in [0.3, 0.4) is 0 Å². The molecule has 2 saturated carbocycles. The minimum atomic E-state index is -0.219. The second-order valence-electron chi connectivity index (χ2n) is 8.68. The maximum absolute atomic E-state index is 6.17. The summed E-state index contributed by atoms with van der Waals surface area (Å²) >= 11 is 8.82. The molecule has 0 N–H and O–H groups in total. The van der Waals surface area contributed by atoms with E-state index < -0.39 is 0 Å². The lowest BCUT2D eigenvalue weighted by atomic mass is 9.72. The smallest absolute Gasteiger partial charge is 0.144 e. The highest BCUT2D eigenvalue weighted by molar-refractivity contribution is 7.98. The van der Waals surface area contributed by atoms with Gasteiger partial charge in [0.25, 0.3) is 0 Å². The average Bonchev–Trinajstić information content (AvgIpc) is 3.17. The highest BCUT2D eigenvalue weighted by Crippen LogP contribution is 2.57. The molecule has 4 rings (SSSR count). The maximum Gasteiger partial charge on any atom is 0.144 e. The van der Waals surface area contributed by atoms with Crippen LogP contribution in [-0.2, 0) is 4.74 Å². The van der Waals surface area contributed by atoms with Gasteiger partial charge < -0.3 is 4.74 Å². The zero-order valence-electron chi connectivity index (χ0n) is 15.0. The molecule has 4 aliphatic rings. The van der Waals surface area contributed by atoms with Gasteiger partial charge in [0.15, 0.2) is 0 Å². The first kappa shape index (κ1) is 18.0. The average molecular weight is 370 g/mol. The monoisotopic (exact) mass is 369 g/mol. The van der Waals surface area contributed by atoms with Crippen LogP contribution >= 0.6 is 25.3 Å². The van der Waals surface area contributed by atoms with Gasteiger partial charge in [-0.3, -0.25) is 4.90 Å². The van der Waals surface area contributed by atoms with Crippen molar-refractivity contribution in [2.75, 3.05) is 6.54 Å². The van der Waals surface area contributed by atoms with Crippen molar-refractivity contribution in [3.05, 3.63) is 0 Å². The Balaban J connectivity index is 1.58. The highest BCUT2D eigenvalue weighted by atomic mass is 32.2. The van der Waals surface area contributed by atoms with Crippen LogP contribution in [-0.4, -0.2) is 34.4 Å². The van der Waals surface area contributed by atoms with Gasteiger partial charge in [-0.15, -0.1) is 25.3 Å². The van der Waals surface area contributed by atoms with Crippen LogP contribution in [0.2, 0.25) is 0 Å². The Morgan fingerprint density at radius 3 is 2.12 bits per heavy atom. The highest BCUT2D eigenvalue weighted by Gasteiger charge is 2.64. The molecule has 6 atom stereocenters. The number of fused-ring (bicyclic) bond motifs is 6. The van der Waals surface area contributed by atoms with Crippen LogP contribution in [0.4, 0.5) is 0 Å². The van der Waals surface area contributed by atoms with Gasteiger partial charge in [-0.2, -0.15) is 0 Å². The first-order valence-electron chi connectivity index (χ1n) is 10.5. The molecule has 0 spiro atoms. The molecular weight excluding hydrogens is 334 g/mol. The first-order chi connectivity index (χ1) is 11.8. The Kier molecular flexibility index (Phi) is 6.08. The molecule has 2 heterocycles. The lowest BCUT2D eigenvalue weighted by Crippen LogP contribution is -2.51. The Bertz CT molecular complexity index is 418. The molecule has 2 aliphatic heterocycles. The molecule has 4 fully saturated rings. The second-order valence-corrected chi connectivity index (χ2v) is 10.0. The van der Waals surface area contributed by atoms with E-state index in [0.717, 1.165) is 23.8 Å². The van der Waals surface area contributed by atoms with Crippen molar-refractivity contribution in [2.24, 2.45) is 17.8 Å². The molecule has 2 saturated heterocycles. The number of nitrogens with zero attached hydrogens (tertiary/aromatic N) is 1. The van der Waals surface area contributed by atoms with Gasteiger partial charge in [0.05, 0.1) is 6.10 Å². The van der Waals surface area contributed by atoms with E-state index in [1.165, 1.54) is 83.6 Å². The first-order valence-corrected chi connectivity index (χ1v) is 11.6. The van der Waals surface area contributed by atoms with Crippen molar-refractivity contribution in [2.45, 2.75) is 100 Å². The second kappa shape index (κ2) is 8.10. The molecule has 4 heteroatoms. The summed E-state index contributed by atoms with van der Waals surface area (Å²) in [5, 5.41) is 0. The molecule has 0 aromatic rings. The predicted molar refractivity (Wildman–Crippen MR) is 107 cm³/mol. The van der Waals surface area contributed by atoms with Crippen molar-refractivity contribution in [1.29, 1.82) is 0 Å². The largest absolute Gasteiger partial charge is 0.353 e. The third kappa shape index (κ3) is 3.68. The third-order valence-corrected chi connectivity index (χ3v) is 7.58. The van der Waals surface area contributed by atoms with E-state index in [9.17, 15) is 0 Å². The molecular formula is C20H35NOS2. The Morgan fingerprint density at radius 1 is 0.750 bits per heavy atom. The summed E-state index contributed by atoms with van der Waals surface area (Å²) in [7, 11) is 0. The van der Waals surface area contributed by atoms with Gasteiger partial charge in [0.2, 0.25) is 0 Å². The zero-order chi connectivity index (χ0) is 16.5. The van der Waals surface area contributed by atoms with E-state index in [4.69, 9.17) is 4.74 Å². The molecule has 138 valence electrons. The summed E-state index contributed by atoms with van der Waals surface area (Å²) in [5.74, 6) is 2.60. The van der Waals surface area contributed by atoms with Crippen molar-refractivity contribution in [3.8, 4) is 0 Å². The summed E-state index contributed by atoms with van der Waals surface area (Å²) in [4.78, 5) is 2.90. The number of hydrogen-bond acceptors (Lipinski definition) is 4. The summed E-state index contributed by atoms with van der Waals surface area (Å²) in [6.45, 7) is 1.30. The molecule has 0 bridgehead atoms. The minimum Gasteiger partial charge on any atom is -0.353 e. The Hall–Kier alpha value is 0.620. The topological polar surface area (TPSA) is 12.5 Å². The standard InChI is InChI=1S/C20H35NOS2/c23-20(24)22-19-17-15-11-7-3-1-2-6-10-14(15)16-12-8-4-5-9-13-21(16)18(17)19/h14-20,23-24H,1-13H2/t14-,15?,16?,17?,18?,19?/m1/s1. The summed E-state index contributed by atoms with van der Waals surface area (Å²) < 4.78 is 5.95. The van der Waals surface area contributed by atoms with Crippen molar-refractivity contribution in [1.82, 2.24) is 4.90 Å². The third-order valence-electron chi connectivity index (χ3n) is 7.34. The van der Waals surface area contributed by atoms with Gasteiger partial charge in [-0.05, 0) is 44.1 Å². The fourth-order valence-electron chi connectivity index (χ4n) is 6.35. The lowest BCUT2D eigenvalue weighted by Gasteiger charge is -2.46. The van der Waals surface area contributed by atoms with E-state index in [-0.39, 0.29) is 4.77 Å². The molecule has 5 unspecified atom stereocenters. The molecule has 2 nitrogen and oxygen atoms in total. The SMILES string of the molecule is SC(S)OC1C2C3CCCCCCC[C@H]3C3CCCCCCN3C12. The van der Waals surface area contributed by atoms with E-state index in [1.54, 1.807) is 0 Å². The van der Waals surface area contributed by atoms with Crippen LogP contribution < -0.4 is 0 Å². The molecule has 0 amide bonds. The summed E-state index contributed by atoms with van der Waals surface area (Å²) in [6.07, 6.45) is 17.7. The van der Waals surface area contributed by atoms with E-state index in [2.05, 4.69) is 30.2 Å². The van der Waals surface area contributed by atoms with Gasteiger partial charge in [-0.1, -0.05) is 51.4 Å². The van der Waals surface area contributed by atoms with E-state index in [1.807, 2.05) is 0 Å². The number of rotatable bonds is 2. The normalized spacial score (nSPS) is 44.1. The van der Waals surface area contributed by atoms with Crippen molar-refractivity contribution < 1.29 is 4.74 Å². The van der Waals surface area contributed by atoms with E-state index in [0.29, 0.717) is 12.1 Å². The quantitative estimate of drug-likeness (QED) is 0.516. The van der Waals surface area contributed by atoms with Crippen LogP contribution in [0.5, 0.6) is 0 Å². The number of thiol groups is 2. The molecule has 0 radical (unpaired) electrons.